The van der Waals surface area contributed by atoms with Crippen molar-refractivity contribution < 1.29 is 10.2 Å². The summed E-state index contributed by atoms with van der Waals surface area (Å²) in [4.78, 5) is 3.81. The van der Waals surface area contributed by atoms with Crippen LogP contribution in [0.3, 0.4) is 0 Å². The second-order valence-electron chi connectivity index (χ2n) is 2.44. The van der Waals surface area contributed by atoms with Crippen molar-refractivity contribution in [2.75, 3.05) is 6.61 Å². The Bertz CT molecular complexity index is 237. The third-order valence-corrected chi connectivity index (χ3v) is 1.76. The highest BCUT2D eigenvalue weighted by molar-refractivity contribution is 6.29. The molecular formula is C8H10ClNO2. The van der Waals surface area contributed by atoms with Gasteiger partial charge in [-0.25, -0.2) is 4.98 Å². The van der Waals surface area contributed by atoms with Gasteiger partial charge in [-0.2, -0.15) is 0 Å². The largest absolute Gasteiger partial charge is 0.396 e. The number of hydrogen-bond acceptors (Lipinski definition) is 3. The predicted molar refractivity (Wildman–Crippen MR) is 45.9 cm³/mol. The van der Waals surface area contributed by atoms with Gasteiger partial charge in [0.2, 0.25) is 0 Å². The second kappa shape index (κ2) is 4.40. The number of rotatable bonds is 3. The SMILES string of the molecule is OCC[C@H](O)c1ccc(Cl)nc1. The summed E-state index contributed by atoms with van der Waals surface area (Å²) in [6.07, 6.45) is 1.17. The van der Waals surface area contributed by atoms with Gasteiger partial charge >= 0.3 is 0 Å². The van der Waals surface area contributed by atoms with Crippen LogP contribution in [-0.2, 0) is 0 Å². The van der Waals surface area contributed by atoms with E-state index in [9.17, 15) is 5.11 Å². The maximum atomic E-state index is 9.37. The zero-order valence-electron chi connectivity index (χ0n) is 6.44. The molecule has 0 aliphatic rings. The molecule has 0 fully saturated rings. The zero-order valence-corrected chi connectivity index (χ0v) is 7.20. The summed E-state index contributed by atoms with van der Waals surface area (Å²) in [6.45, 7) is -0.0379. The summed E-state index contributed by atoms with van der Waals surface area (Å²) >= 11 is 5.55. The van der Waals surface area contributed by atoms with Gasteiger partial charge in [0.1, 0.15) is 5.15 Å². The molecule has 0 unspecified atom stereocenters. The van der Waals surface area contributed by atoms with E-state index in [1.54, 1.807) is 12.1 Å². The van der Waals surface area contributed by atoms with E-state index in [-0.39, 0.29) is 6.61 Å². The fraction of sp³-hybridized carbons (Fsp3) is 0.375. The van der Waals surface area contributed by atoms with E-state index in [1.165, 1.54) is 6.20 Å². The van der Waals surface area contributed by atoms with Crippen molar-refractivity contribution in [1.82, 2.24) is 4.98 Å². The molecule has 12 heavy (non-hydrogen) atoms. The maximum Gasteiger partial charge on any atom is 0.129 e. The van der Waals surface area contributed by atoms with Crippen LogP contribution in [0, 0.1) is 0 Å². The Balaban J connectivity index is 2.68. The van der Waals surface area contributed by atoms with Gasteiger partial charge in [-0.05, 0) is 11.6 Å². The van der Waals surface area contributed by atoms with E-state index in [1.807, 2.05) is 0 Å². The first-order chi connectivity index (χ1) is 5.74. The fourth-order valence-electron chi connectivity index (χ4n) is 0.873. The number of aliphatic hydroxyl groups excluding tert-OH is 2. The van der Waals surface area contributed by atoms with Gasteiger partial charge in [0.25, 0.3) is 0 Å². The van der Waals surface area contributed by atoms with E-state index in [0.717, 1.165) is 0 Å². The Kier molecular flexibility index (Phi) is 3.47. The lowest BCUT2D eigenvalue weighted by Crippen LogP contribution is -2.00. The first kappa shape index (κ1) is 9.45. The minimum Gasteiger partial charge on any atom is -0.396 e. The summed E-state index contributed by atoms with van der Waals surface area (Å²) in [6, 6.07) is 3.30. The molecule has 1 aromatic heterocycles. The molecule has 2 N–H and O–H groups in total. The van der Waals surface area contributed by atoms with Crippen molar-refractivity contribution in [1.29, 1.82) is 0 Å². The highest BCUT2D eigenvalue weighted by atomic mass is 35.5. The summed E-state index contributed by atoms with van der Waals surface area (Å²) in [5.74, 6) is 0. The molecule has 0 saturated carbocycles. The molecule has 0 radical (unpaired) electrons. The molecule has 1 rings (SSSR count). The van der Waals surface area contributed by atoms with Crippen molar-refractivity contribution in [3.8, 4) is 0 Å². The van der Waals surface area contributed by atoms with Crippen LogP contribution in [0.15, 0.2) is 18.3 Å². The van der Waals surface area contributed by atoms with E-state index in [4.69, 9.17) is 16.7 Å². The Labute approximate surface area is 75.6 Å². The fourth-order valence-corrected chi connectivity index (χ4v) is 0.985. The highest BCUT2D eigenvalue weighted by Gasteiger charge is 2.05. The zero-order chi connectivity index (χ0) is 8.97. The normalized spacial score (nSPS) is 12.9. The number of nitrogens with zero attached hydrogens (tertiary/aromatic N) is 1. The number of pyridine rings is 1. The molecular weight excluding hydrogens is 178 g/mol. The standard InChI is InChI=1S/C8H10ClNO2/c9-8-2-1-6(5-10-8)7(12)3-4-11/h1-2,5,7,11-12H,3-4H2/t7-/m0/s1. The Morgan fingerprint density at radius 1 is 1.50 bits per heavy atom. The molecule has 1 aromatic rings. The van der Waals surface area contributed by atoms with Crippen molar-refractivity contribution in [3.63, 3.8) is 0 Å². The highest BCUT2D eigenvalue weighted by Crippen LogP contribution is 2.16. The van der Waals surface area contributed by atoms with Gasteiger partial charge in [-0.1, -0.05) is 17.7 Å². The van der Waals surface area contributed by atoms with Crippen LogP contribution in [0.5, 0.6) is 0 Å². The van der Waals surface area contributed by atoms with Gasteiger partial charge in [-0.3, -0.25) is 0 Å². The molecule has 1 heterocycles. The van der Waals surface area contributed by atoms with Crippen molar-refractivity contribution in [2.24, 2.45) is 0 Å². The Hall–Kier alpha value is -0.640. The molecule has 3 nitrogen and oxygen atoms in total. The van der Waals surface area contributed by atoms with E-state index < -0.39 is 6.10 Å². The molecule has 0 saturated heterocycles. The van der Waals surface area contributed by atoms with Gasteiger partial charge in [0.15, 0.2) is 0 Å². The van der Waals surface area contributed by atoms with Crippen LogP contribution >= 0.6 is 11.6 Å². The van der Waals surface area contributed by atoms with E-state index >= 15 is 0 Å². The van der Waals surface area contributed by atoms with Crippen LogP contribution in [0.4, 0.5) is 0 Å². The van der Waals surface area contributed by atoms with E-state index in [0.29, 0.717) is 17.1 Å². The van der Waals surface area contributed by atoms with Crippen molar-refractivity contribution in [3.05, 3.63) is 29.0 Å². The quantitative estimate of drug-likeness (QED) is 0.698. The molecule has 0 spiro atoms. The van der Waals surface area contributed by atoms with Crippen LogP contribution in [0.1, 0.15) is 18.1 Å². The second-order valence-corrected chi connectivity index (χ2v) is 2.83. The van der Waals surface area contributed by atoms with Gasteiger partial charge in [0.05, 0.1) is 6.10 Å². The minimum atomic E-state index is -0.653. The lowest BCUT2D eigenvalue weighted by Gasteiger charge is -2.07. The average molecular weight is 188 g/mol. The molecule has 0 amide bonds. The lowest BCUT2D eigenvalue weighted by atomic mass is 10.1. The molecule has 1 atom stereocenters. The molecule has 0 aliphatic carbocycles. The number of aliphatic hydroxyl groups is 2. The van der Waals surface area contributed by atoms with Gasteiger partial charge in [0, 0.05) is 19.2 Å². The summed E-state index contributed by atoms with van der Waals surface area (Å²) < 4.78 is 0. The smallest absolute Gasteiger partial charge is 0.129 e. The molecule has 0 aromatic carbocycles. The van der Waals surface area contributed by atoms with Gasteiger partial charge in [-0.15, -0.1) is 0 Å². The average Bonchev–Trinajstić information content (AvgIpc) is 2.06. The first-order valence-electron chi connectivity index (χ1n) is 3.64. The summed E-state index contributed by atoms with van der Waals surface area (Å²) in [5, 5.41) is 18.3. The predicted octanol–water partition coefficient (Wildman–Crippen LogP) is 1.15. The molecule has 0 aliphatic heterocycles. The van der Waals surface area contributed by atoms with Crippen LogP contribution in [0.2, 0.25) is 5.15 Å². The minimum absolute atomic E-state index is 0.0379. The van der Waals surface area contributed by atoms with Gasteiger partial charge < -0.3 is 10.2 Å². The number of halogens is 1. The van der Waals surface area contributed by atoms with Crippen LogP contribution < -0.4 is 0 Å². The topological polar surface area (TPSA) is 53.4 Å². The van der Waals surface area contributed by atoms with Crippen LogP contribution in [-0.4, -0.2) is 21.8 Å². The van der Waals surface area contributed by atoms with Crippen LogP contribution in [0.25, 0.3) is 0 Å². The monoisotopic (exact) mass is 187 g/mol. The first-order valence-corrected chi connectivity index (χ1v) is 4.02. The van der Waals surface area contributed by atoms with Crippen molar-refractivity contribution in [2.45, 2.75) is 12.5 Å². The Morgan fingerprint density at radius 3 is 2.75 bits per heavy atom. The number of hydrogen-bond donors (Lipinski definition) is 2. The summed E-state index contributed by atoms with van der Waals surface area (Å²) in [5.41, 5.74) is 0.674. The summed E-state index contributed by atoms with van der Waals surface area (Å²) in [7, 11) is 0. The molecule has 0 bridgehead atoms. The van der Waals surface area contributed by atoms with E-state index in [2.05, 4.69) is 4.98 Å². The Morgan fingerprint density at radius 2 is 2.25 bits per heavy atom. The maximum absolute atomic E-state index is 9.37. The molecule has 66 valence electrons. The third-order valence-electron chi connectivity index (χ3n) is 1.54. The third kappa shape index (κ3) is 2.44. The number of aromatic nitrogens is 1. The lowest BCUT2D eigenvalue weighted by molar-refractivity contribution is 0.134. The molecule has 4 heteroatoms. The van der Waals surface area contributed by atoms with Crippen molar-refractivity contribution >= 4 is 11.6 Å².